The fraction of sp³-hybridized carbons (Fsp3) is 0.455. The minimum Gasteiger partial charge on any atom is -0.493 e. The molecule has 0 bridgehead atoms. The Balaban J connectivity index is 2.49. The average Bonchev–Trinajstić information content (AvgIpc) is 2.58. The number of alkyl halides is 1. The predicted molar refractivity (Wildman–Crippen MR) is 56.5 cm³/mol. The molecule has 0 amide bonds. The number of halogens is 1. The van der Waals surface area contributed by atoms with E-state index in [0.717, 1.165) is 24.3 Å². The van der Waals surface area contributed by atoms with Crippen molar-refractivity contribution in [1.29, 1.82) is 0 Å². The molecule has 0 heterocycles. The minimum atomic E-state index is 0.129. The molecule has 0 aliphatic heterocycles. The lowest BCUT2D eigenvalue weighted by Crippen LogP contribution is -1.93. The number of fused-ring (bicyclic) bond motifs is 1. The second-order valence-electron chi connectivity index (χ2n) is 3.41. The first-order chi connectivity index (χ1) is 6.76. The van der Waals surface area contributed by atoms with E-state index in [1.54, 1.807) is 14.2 Å². The molecule has 3 heteroatoms. The van der Waals surface area contributed by atoms with Crippen LogP contribution in [0.1, 0.15) is 22.9 Å². The third-order valence-electron chi connectivity index (χ3n) is 2.65. The smallest absolute Gasteiger partial charge is 0.161 e. The molecule has 0 saturated heterocycles. The first kappa shape index (κ1) is 9.66. The lowest BCUT2D eigenvalue weighted by molar-refractivity contribution is 0.354. The molecule has 0 saturated carbocycles. The van der Waals surface area contributed by atoms with Crippen molar-refractivity contribution in [1.82, 2.24) is 0 Å². The van der Waals surface area contributed by atoms with Crippen molar-refractivity contribution < 1.29 is 9.47 Å². The molecule has 1 aromatic rings. The molecule has 2 rings (SSSR count). The van der Waals surface area contributed by atoms with Crippen LogP contribution in [0.4, 0.5) is 0 Å². The Bertz CT molecular complexity index is 349. The second-order valence-corrected chi connectivity index (χ2v) is 3.94. The van der Waals surface area contributed by atoms with Gasteiger partial charge in [-0.05, 0) is 36.1 Å². The molecule has 1 aliphatic carbocycles. The second kappa shape index (κ2) is 3.70. The van der Waals surface area contributed by atoms with Crippen LogP contribution in [-0.4, -0.2) is 14.2 Å². The highest BCUT2D eigenvalue weighted by Crippen LogP contribution is 2.41. The van der Waals surface area contributed by atoms with E-state index in [9.17, 15) is 0 Å². The molecule has 0 aromatic heterocycles. The summed E-state index contributed by atoms with van der Waals surface area (Å²) < 4.78 is 10.5. The number of hydrogen-bond acceptors (Lipinski definition) is 2. The molecule has 2 nitrogen and oxygen atoms in total. The highest BCUT2D eigenvalue weighted by molar-refractivity contribution is 6.21. The quantitative estimate of drug-likeness (QED) is 0.702. The van der Waals surface area contributed by atoms with Crippen molar-refractivity contribution in [2.45, 2.75) is 18.2 Å². The highest BCUT2D eigenvalue weighted by Gasteiger charge is 2.22. The molecule has 76 valence electrons. The van der Waals surface area contributed by atoms with Crippen molar-refractivity contribution in [2.75, 3.05) is 14.2 Å². The molecule has 1 aliphatic rings. The van der Waals surface area contributed by atoms with Gasteiger partial charge in [0.2, 0.25) is 0 Å². The lowest BCUT2D eigenvalue weighted by atomic mass is 10.1. The van der Waals surface area contributed by atoms with Crippen molar-refractivity contribution in [2.24, 2.45) is 0 Å². The van der Waals surface area contributed by atoms with E-state index >= 15 is 0 Å². The van der Waals surface area contributed by atoms with Gasteiger partial charge in [-0.2, -0.15) is 0 Å². The molecule has 1 atom stereocenters. The number of hydrogen-bond donors (Lipinski definition) is 0. The summed E-state index contributed by atoms with van der Waals surface area (Å²) in [6.07, 6.45) is 2.04. The topological polar surface area (TPSA) is 18.5 Å². The first-order valence-corrected chi connectivity index (χ1v) is 5.08. The van der Waals surface area contributed by atoms with Crippen LogP contribution in [0.15, 0.2) is 12.1 Å². The molecule has 1 aromatic carbocycles. The monoisotopic (exact) mass is 212 g/mol. The van der Waals surface area contributed by atoms with Crippen LogP contribution in [-0.2, 0) is 6.42 Å². The summed E-state index contributed by atoms with van der Waals surface area (Å²) in [5.41, 5.74) is 2.46. The van der Waals surface area contributed by atoms with Gasteiger partial charge in [0.15, 0.2) is 11.5 Å². The predicted octanol–water partition coefficient (Wildman–Crippen LogP) is 2.93. The summed E-state index contributed by atoms with van der Waals surface area (Å²) in [5, 5.41) is 0.129. The molecule has 0 radical (unpaired) electrons. The fourth-order valence-electron chi connectivity index (χ4n) is 1.88. The van der Waals surface area contributed by atoms with E-state index in [1.165, 1.54) is 11.1 Å². The van der Waals surface area contributed by atoms with E-state index in [-0.39, 0.29) is 5.38 Å². The normalized spacial score (nSPS) is 19.2. The maximum atomic E-state index is 6.17. The van der Waals surface area contributed by atoms with Gasteiger partial charge in [-0.1, -0.05) is 0 Å². The Morgan fingerprint density at radius 3 is 2.50 bits per heavy atom. The zero-order valence-electron chi connectivity index (χ0n) is 8.34. The third kappa shape index (κ3) is 1.44. The Kier molecular flexibility index (Phi) is 2.55. The molecular formula is C11H13ClO2. The minimum absolute atomic E-state index is 0.129. The van der Waals surface area contributed by atoms with Gasteiger partial charge in [0.25, 0.3) is 0 Å². The van der Waals surface area contributed by atoms with Gasteiger partial charge >= 0.3 is 0 Å². The Hall–Kier alpha value is -0.890. The molecule has 0 fully saturated rings. The van der Waals surface area contributed by atoms with Crippen LogP contribution >= 0.6 is 11.6 Å². The molecule has 0 N–H and O–H groups in total. The fourth-order valence-corrected chi connectivity index (χ4v) is 2.19. The molecule has 14 heavy (non-hydrogen) atoms. The average molecular weight is 213 g/mol. The van der Waals surface area contributed by atoms with Gasteiger partial charge in [-0.25, -0.2) is 0 Å². The van der Waals surface area contributed by atoms with Crippen molar-refractivity contribution in [3.8, 4) is 11.5 Å². The van der Waals surface area contributed by atoms with Crippen LogP contribution in [0.5, 0.6) is 11.5 Å². The molecule has 0 spiro atoms. The van der Waals surface area contributed by atoms with Crippen LogP contribution in [0.3, 0.4) is 0 Å². The summed E-state index contributed by atoms with van der Waals surface area (Å²) >= 11 is 6.17. The maximum Gasteiger partial charge on any atom is 0.161 e. The first-order valence-electron chi connectivity index (χ1n) is 4.65. The lowest BCUT2D eigenvalue weighted by Gasteiger charge is -2.10. The number of aryl methyl sites for hydroxylation is 1. The third-order valence-corrected chi connectivity index (χ3v) is 3.10. The largest absolute Gasteiger partial charge is 0.493 e. The number of benzene rings is 1. The number of rotatable bonds is 2. The Morgan fingerprint density at radius 2 is 1.86 bits per heavy atom. The molecular weight excluding hydrogens is 200 g/mol. The highest BCUT2D eigenvalue weighted by atomic mass is 35.5. The summed E-state index contributed by atoms with van der Waals surface area (Å²) in [6, 6.07) is 4.01. The van der Waals surface area contributed by atoms with Gasteiger partial charge in [-0.15, -0.1) is 11.6 Å². The van der Waals surface area contributed by atoms with E-state index in [4.69, 9.17) is 21.1 Å². The van der Waals surface area contributed by atoms with E-state index in [1.807, 2.05) is 12.1 Å². The number of methoxy groups -OCH3 is 2. The molecule has 1 unspecified atom stereocenters. The van der Waals surface area contributed by atoms with Crippen LogP contribution in [0.25, 0.3) is 0 Å². The maximum absolute atomic E-state index is 6.17. The van der Waals surface area contributed by atoms with E-state index in [2.05, 4.69) is 0 Å². The Labute approximate surface area is 88.8 Å². The number of ether oxygens (including phenoxy) is 2. The van der Waals surface area contributed by atoms with Crippen LogP contribution in [0, 0.1) is 0 Å². The zero-order valence-corrected chi connectivity index (χ0v) is 9.10. The van der Waals surface area contributed by atoms with Gasteiger partial charge in [0.1, 0.15) is 0 Å². The summed E-state index contributed by atoms with van der Waals surface area (Å²) in [6.45, 7) is 0. The van der Waals surface area contributed by atoms with Gasteiger partial charge in [0, 0.05) is 0 Å². The van der Waals surface area contributed by atoms with Gasteiger partial charge < -0.3 is 9.47 Å². The van der Waals surface area contributed by atoms with Gasteiger partial charge in [-0.3, -0.25) is 0 Å². The standard InChI is InChI=1S/C11H13ClO2/c1-13-10-5-7-3-4-9(12)8(7)6-11(10)14-2/h5-6,9H,3-4H2,1-2H3. The summed E-state index contributed by atoms with van der Waals surface area (Å²) in [5.74, 6) is 1.55. The SMILES string of the molecule is COc1cc2c(cc1OC)C(Cl)CC2. The van der Waals surface area contributed by atoms with E-state index < -0.39 is 0 Å². The van der Waals surface area contributed by atoms with Crippen LogP contribution < -0.4 is 9.47 Å². The zero-order chi connectivity index (χ0) is 10.1. The van der Waals surface area contributed by atoms with Crippen molar-refractivity contribution >= 4 is 11.6 Å². The van der Waals surface area contributed by atoms with Gasteiger partial charge in [0.05, 0.1) is 19.6 Å². The summed E-state index contributed by atoms with van der Waals surface area (Å²) in [4.78, 5) is 0. The van der Waals surface area contributed by atoms with Crippen molar-refractivity contribution in [3.05, 3.63) is 23.3 Å². The van der Waals surface area contributed by atoms with Crippen LogP contribution in [0.2, 0.25) is 0 Å². The summed E-state index contributed by atoms with van der Waals surface area (Å²) in [7, 11) is 3.29. The Morgan fingerprint density at radius 1 is 1.21 bits per heavy atom. The van der Waals surface area contributed by atoms with Crippen molar-refractivity contribution in [3.63, 3.8) is 0 Å². The van der Waals surface area contributed by atoms with E-state index in [0.29, 0.717) is 0 Å².